The molecule has 0 saturated carbocycles. The van der Waals surface area contributed by atoms with Crippen LogP contribution in [-0.2, 0) is 14.8 Å². The Bertz CT molecular complexity index is 783. The molecule has 0 amide bonds. The zero-order valence-corrected chi connectivity index (χ0v) is 14.4. The number of aryl methyl sites for hydroxylation is 1. The number of anilines is 1. The number of hydrogen-bond acceptors (Lipinski definition) is 5. The molecule has 0 saturated heterocycles. The Morgan fingerprint density at radius 1 is 1.33 bits per heavy atom. The van der Waals surface area contributed by atoms with Crippen LogP contribution in [-0.4, -0.2) is 21.5 Å². The zero-order chi connectivity index (χ0) is 15.6. The number of ether oxygens (including phenoxy) is 1. The highest BCUT2D eigenvalue weighted by molar-refractivity contribution is 9.11. The molecule has 0 aliphatic heterocycles. The molecule has 0 fully saturated rings. The zero-order valence-electron chi connectivity index (χ0n) is 11.2. The molecule has 0 radical (unpaired) electrons. The SMILES string of the molecule is COC(=O)c1ccccc1NS(=O)(=O)c1cc(Br)sc1C. The summed E-state index contributed by atoms with van der Waals surface area (Å²) in [6.07, 6.45) is 0. The molecule has 1 aromatic carbocycles. The van der Waals surface area contributed by atoms with Crippen molar-refractivity contribution in [1.29, 1.82) is 0 Å². The maximum atomic E-state index is 12.4. The summed E-state index contributed by atoms with van der Waals surface area (Å²) in [6, 6.07) is 7.82. The van der Waals surface area contributed by atoms with E-state index in [9.17, 15) is 13.2 Å². The Labute approximate surface area is 135 Å². The van der Waals surface area contributed by atoms with E-state index in [0.29, 0.717) is 4.88 Å². The van der Waals surface area contributed by atoms with Crippen molar-refractivity contribution in [2.24, 2.45) is 0 Å². The van der Waals surface area contributed by atoms with E-state index in [1.807, 2.05) is 0 Å². The predicted octanol–water partition coefficient (Wildman–Crippen LogP) is 3.41. The quantitative estimate of drug-likeness (QED) is 0.813. The lowest BCUT2D eigenvalue weighted by molar-refractivity contribution is 0.0602. The van der Waals surface area contributed by atoms with Crippen LogP contribution < -0.4 is 4.72 Å². The van der Waals surface area contributed by atoms with Crippen molar-refractivity contribution in [3.8, 4) is 0 Å². The molecule has 5 nitrogen and oxygen atoms in total. The number of carbonyl (C=O) groups excluding carboxylic acids is 1. The van der Waals surface area contributed by atoms with E-state index in [0.717, 1.165) is 3.79 Å². The molecule has 112 valence electrons. The lowest BCUT2D eigenvalue weighted by Gasteiger charge is -2.11. The number of sulfonamides is 1. The molecular weight excluding hydrogens is 378 g/mol. The van der Waals surface area contributed by atoms with Gasteiger partial charge in [0.1, 0.15) is 4.90 Å². The maximum absolute atomic E-state index is 12.4. The van der Waals surface area contributed by atoms with Crippen molar-refractivity contribution >= 4 is 48.9 Å². The Hall–Kier alpha value is -1.38. The Morgan fingerprint density at radius 3 is 2.57 bits per heavy atom. The highest BCUT2D eigenvalue weighted by atomic mass is 79.9. The van der Waals surface area contributed by atoms with Gasteiger partial charge >= 0.3 is 5.97 Å². The molecule has 0 bridgehead atoms. The summed E-state index contributed by atoms with van der Waals surface area (Å²) < 4.78 is 32.6. The summed E-state index contributed by atoms with van der Waals surface area (Å²) in [7, 11) is -2.52. The number of methoxy groups -OCH3 is 1. The van der Waals surface area contributed by atoms with Crippen LogP contribution in [0.4, 0.5) is 5.69 Å². The van der Waals surface area contributed by atoms with Crippen LogP contribution in [0.25, 0.3) is 0 Å². The number of esters is 1. The highest BCUT2D eigenvalue weighted by Crippen LogP contribution is 2.31. The minimum atomic E-state index is -3.76. The maximum Gasteiger partial charge on any atom is 0.339 e. The molecule has 21 heavy (non-hydrogen) atoms. The normalized spacial score (nSPS) is 11.2. The van der Waals surface area contributed by atoms with Crippen LogP contribution in [0.1, 0.15) is 15.2 Å². The first-order valence-electron chi connectivity index (χ1n) is 5.81. The van der Waals surface area contributed by atoms with Gasteiger partial charge in [-0.2, -0.15) is 0 Å². The second kappa shape index (κ2) is 6.17. The number of hydrogen-bond donors (Lipinski definition) is 1. The third-order valence-electron chi connectivity index (χ3n) is 2.71. The number of thiophene rings is 1. The van der Waals surface area contributed by atoms with Gasteiger partial charge in [-0.05, 0) is 41.1 Å². The van der Waals surface area contributed by atoms with Crippen molar-refractivity contribution in [3.63, 3.8) is 0 Å². The van der Waals surface area contributed by atoms with Crippen molar-refractivity contribution in [3.05, 3.63) is 44.6 Å². The van der Waals surface area contributed by atoms with Gasteiger partial charge in [-0.3, -0.25) is 4.72 Å². The van der Waals surface area contributed by atoms with E-state index in [-0.39, 0.29) is 16.1 Å². The van der Waals surface area contributed by atoms with Gasteiger partial charge in [0, 0.05) is 4.88 Å². The first kappa shape index (κ1) is 16.0. The lowest BCUT2D eigenvalue weighted by atomic mass is 10.2. The van der Waals surface area contributed by atoms with E-state index in [1.54, 1.807) is 19.1 Å². The summed E-state index contributed by atoms with van der Waals surface area (Å²) in [5, 5.41) is 0. The molecule has 8 heteroatoms. The van der Waals surface area contributed by atoms with Crippen molar-refractivity contribution < 1.29 is 17.9 Å². The van der Waals surface area contributed by atoms with Gasteiger partial charge in [0.15, 0.2) is 0 Å². The first-order chi connectivity index (χ1) is 9.85. The number of halogens is 1. The molecule has 1 heterocycles. The third-order valence-corrected chi connectivity index (χ3v) is 5.88. The molecular formula is C13H12BrNO4S2. The number of carbonyl (C=O) groups is 1. The van der Waals surface area contributed by atoms with E-state index < -0.39 is 16.0 Å². The van der Waals surface area contributed by atoms with Gasteiger partial charge in [-0.25, -0.2) is 13.2 Å². The standard InChI is InChI=1S/C13H12BrNO4S2/c1-8-11(7-12(14)20-8)21(17,18)15-10-6-4-3-5-9(10)13(16)19-2/h3-7,15H,1-2H3. The summed E-state index contributed by atoms with van der Waals surface area (Å²) in [4.78, 5) is 12.5. The minimum absolute atomic E-state index is 0.163. The Morgan fingerprint density at radius 2 is 2.00 bits per heavy atom. The van der Waals surface area contributed by atoms with Gasteiger partial charge in [0.2, 0.25) is 0 Å². The first-order valence-corrected chi connectivity index (χ1v) is 8.90. The van der Waals surface area contributed by atoms with E-state index >= 15 is 0 Å². The summed E-state index contributed by atoms with van der Waals surface area (Å²) in [6.45, 7) is 1.72. The molecule has 2 aromatic rings. The smallest absolute Gasteiger partial charge is 0.339 e. The second-order valence-corrected chi connectivity index (χ2v) is 8.40. The molecule has 2 rings (SSSR count). The average molecular weight is 390 g/mol. The van der Waals surface area contributed by atoms with Gasteiger partial charge in [-0.15, -0.1) is 11.3 Å². The van der Waals surface area contributed by atoms with Crippen molar-refractivity contribution in [2.45, 2.75) is 11.8 Å². The van der Waals surface area contributed by atoms with Crippen molar-refractivity contribution in [2.75, 3.05) is 11.8 Å². The van der Waals surface area contributed by atoms with E-state index in [4.69, 9.17) is 0 Å². The Balaban J connectivity index is 2.42. The minimum Gasteiger partial charge on any atom is -0.465 e. The summed E-state index contributed by atoms with van der Waals surface area (Å²) in [5.74, 6) is -0.600. The fraction of sp³-hybridized carbons (Fsp3) is 0.154. The number of para-hydroxylation sites is 1. The van der Waals surface area contributed by atoms with Crippen LogP contribution in [0.15, 0.2) is 39.0 Å². The topological polar surface area (TPSA) is 72.5 Å². The fourth-order valence-corrected chi connectivity index (χ4v) is 5.25. The van der Waals surface area contributed by atoms with E-state index in [2.05, 4.69) is 25.4 Å². The third kappa shape index (κ3) is 3.45. The number of nitrogens with one attached hydrogen (secondary N) is 1. The number of rotatable bonds is 4. The van der Waals surface area contributed by atoms with Crippen LogP contribution in [0.2, 0.25) is 0 Å². The largest absolute Gasteiger partial charge is 0.465 e. The molecule has 0 unspecified atom stereocenters. The van der Waals surface area contributed by atoms with E-state index in [1.165, 1.54) is 36.6 Å². The van der Waals surface area contributed by atoms with Crippen molar-refractivity contribution in [1.82, 2.24) is 0 Å². The highest BCUT2D eigenvalue weighted by Gasteiger charge is 2.22. The monoisotopic (exact) mass is 389 g/mol. The second-order valence-electron chi connectivity index (χ2n) is 4.11. The van der Waals surface area contributed by atoms with Crippen LogP contribution in [0, 0.1) is 6.92 Å². The molecule has 0 aliphatic rings. The average Bonchev–Trinajstić information content (AvgIpc) is 2.78. The van der Waals surface area contributed by atoms with Crippen LogP contribution >= 0.6 is 27.3 Å². The fourth-order valence-electron chi connectivity index (χ4n) is 1.76. The van der Waals surface area contributed by atoms with Crippen LogP contribution in [0.3, 0.4) is 0 Å². The van der Waals surface area contributed by atoms with Gasteiger partial charge in [0.25, 0.3) is 10.0 Å². The molecule has 0 spiro atoms. The van der Waals surface area contributed by atoms with Gasteiger partial charge < -0.3 is 4.74 Å². The van der Waals surface area contributed by atoms with Crippen LogP contribution in [0.5, 0.6) is 0 Å². The molecule has 1 N–H and O–H groups in total. The van der Waals surface area contributed by atoms with Gasteiger partial charge in [0.05, 0.1) is 22.1 Å². The Kier molecular flexibility index (Phi) is 4.70. The number of benzene rings is 1. The molecule has 0 aliphatic carbocycles. The lowest BCUT2D eigenvalue weighted by Crippen LogP contribution is -2.16. The predicted molar refractivity (Wildman–Crippen MR) is 85.3 cm³/mol. The van der Waals surface area contributed by atoms with Gasteiger partial charge in [-0.1, -0.05) is 12.1 Å². The summed E-state index contributed by atoms with van der Waals surface area (Å²) >= 11 is 4.59. The molecule has 1 aromatic heterocycles. The molecule has 0 atom stereocenters. The summed E-state index contributed by atoms with van der Waals surface area (Å²) in [5.41, 5.74) is 0.349.